The standard InChI is InChI=1S/C32H31N7O2/c1-20-7-5-9-27(36-20)41-24-14-15-25-22(17-24)18-33-31-29-28(25)30(39(4)32(29)35-19-34-31)21-10-12-23(13-11-21)37-26(40)8-6-16-38(2)3/h5-15,17,19H,16,18H2,1-4H3,(H,37,40)(H,33,34,35)/b8-6+. The van der Waals surface area contributed by atoms with Gasteiger partial charge in [0.25, 0.3) is 0 Å². The van der Waals surface area contributed by atoms with Crippen LogP contribution in [0.4, 0.5) is 11.5 Å². The minimum Gasteiger partial charge on any atom is -0.439 e. The summed E-state index contributed by atoms with van der Waals surface area (Å²) in [4.78, 5) is 28.0. The Morgan fingerprint density at radius 3 is 2.73 bits per heavy atom. The lowest BCUT2D eigenvalue weighted by Crippen LogP contribution is -2.12. The van der Waals surface area contributed by atoms with Gasteiger partial charge in [0.2, 0.25) is 11.8 Å². The first kappa shape index (κ1) is 26.2. The average Bonchev–Trinajstić information content (AvgIpc) is 3.14. The van der Waals surface area contributed by atoms with Gasteiger partial charge in [0.1, 0.15) is 23.5 Å². The lowest BCUT2D eigenvalue weighted by atomic mass is 9.95. The molecule has 0 unspecified atom stereocenters. The molecule has 6 rings (SSSR count). The SMILES string of the molecule is Cc1cccc(Oc2ccc3c(c2)CNc2ncnc4c2c-3c(-c2ccc(NC(=O)/C=C/CN(C)C)cc2)n4C)n1. The highest BCUT2D eigenvalue weighted by Gasteiger charge is 2.26. The topological polar surface area (TPSA) is 97.2 Å². The van der Waals surface area contributed by atoms with Crippen LogP contribution in [0.3, 0.4) is 0 Å². The van der Waals surface area contributed by atoms with E-state index in [0.29, 0.717) is 24.7 Å². The molecule has 0 bridgehead atoms. The Kier molecular flexibility index (Phi) is 6.94. The number of hydrogen-bond acceptors (Lipinski definition) is 7. The molecule has 0 saturated carbocycles. The number of fused-ring (bicyclic) bond motifs is 2. The lowest BCUT2D eigenvalue weighted by molar-refractivity contribution is -0.111. The molecular weight excluding hydrogens is 514 g/mol. The van der Waals surface area contributed by atoms with Crippen molar-refractivity contribution in [1.82, 2.24) is 24.4 Å². The highest BCUT2D eigenvalue weighted by atomic mass is 16.5. The molecule has 9 nitrogen and oxygen atoms in total. The van der Waals surface area contributed by atoms with Crippen LogP contribution in [0.1, 0.15) is 11.3 Å². The van der Waals surface area contributed by atoms with E-state index in [0.717, 1.165) is 56.2 Å². The third-order valence-electron chi connectivity index (χ3n) is 7.01. The molecule has 1 amide bonds. The van der Waals surface area contributed by atoms with E-state index in [1.165, 1.54) is 0 Å². The smallest absolute Gasteiger partial charge is 0.248 e. The summed E-state index contributed by atoms with van der Waals surface area (Å²) < 4.78 is 8.21. The van der Waals surface area contributed by atoms with E-state index in [9.17, 15) is 4.79 Å². The third-order valence-corrected chi connectivity index (χ3v) is 7.01. The summed E-state index contributed by atoms with van der Waals surface area (Å²) >= 11 is 0. The molecule has 41 heavy (non-hydrogen) atoms. The number of pyridine rings is 1. The average molecular weight is 546 g/mol. The van der Waals surface area contributed by atoms with Crippen molar-refractivity contribution in [3.8, 4) is 34.0 Å². The van der Waals surface area contributed by atoms with Crippen LogP contribution >= 0.6 is 0 Å². The summed E-state index contributed by atoms with van der Waals surface area (Å²) in [6, 6.07) is 19.7. The van der Waals surface area contributed by atoms with Gasteiger partial charge in [-0.25, -0.2) is 15.0 Å². The van der Waals surface area contributed by atoms with Crippen LogP contribution < -0.4 is 15.4 Å². The molecule has 3 aromatic heterocycles. The molecule has 0 atom stereocenters. The molecule has 5 aromatic rings. The number of ether oxygens (including phenoxy) is 1. The summed E-state index contributed by atoms with van der Waals surface area (Å²) in [5.74, 6) is 1.91. The van der Waals surface area contributed by atoms with Gasteiger partial charge >= 0.3 is 0 Å². The molecule has 0 aliphatic carbocycles. The molecule has 9 heteroatoms. The number of carbonyl (C=O) groups excluding carboxylic acids is 1. The molecule has 0 fully saturated rings. The van der Waals surface area contributed by atoms with E-state index < -0.39 is 0 Å². The zero-order valence-corrected chi connectivity index (χ0v) is 23.5. The number of anilines is 2. The molecule has 2 aromatic carbocycles. The number of rotatable bonds is 7. The summed E-state index contributed by atoms with van der Waals surface area (Å²) in [6.07, 6.45) is 4.99. The van der Waals surface area contributed by atoms with Gasteiger partial charge in [0.05, 0.1) is 11.1 Å². The first-order valence-corrected chi connectivity index (χ1v) is 13.4. The molecule has 0 saturated heterocycles. The van der Waals surface area contributed by atoms with Gasteiger partial charge in [-0.15, -0.1) is 0 Å². The van der Waals surface area contributed by atoms with Crippen LogP contribution in [0.2, 0.25) is 0 Å². The predicted molar refractivity (Wildman–Crippen MR) is 162 cm³/mol. The second-order valence-corrected chi connectivity index (χ2v) is 10.3. The van der Waals surface area contributed by atoms with Gasteiger partial charge in [-0.1, -0.05) is 30.3 Å². The number of benzene rings is 2. The molecule has 2 N–H and O–H groups in total. The maximum atomic E-state index is 12.3. The van der Waals surface area contributed by atoms with E-state index >= 15 is 0 Å². The zero-order valence-electron chi connectivity index (χ0n) is 23.5. The lowest BCUT2D eigenvalue weighted by Gasteiger charge is -2.14. The molecule has 0 spiro atoms. The molecule has 1 aliphatic rings. The van der Waals surface area contributed by atoms with Gasteiger partial charge in [0, 0.05) is 49.2 Å². The van der Waals surface area contributed by atoms with Crippen molar-refractivity contribution in [3.05, 3.63) is 90.4 Å². The van der Waals surface area contributed by atoms with Crippen molar-refractivity contribution in [2.45, 2.75) is 13.5 Å². The monoisotopic (exact) mass is 545 g/mol. The summed E-state index contributed by atoms with van der Waals surface area (Å²) in [5.41, 5.74) is 7.71. The number of nitrogens with zero attached hydrogens (tertiary/aromatic N) is 5. The van der Waals surface area contributed by atoms with Gasteiger partial charge in [-0.2, -0.15) is 0 Å². The van der Waals surface area contributed by atoms with Crippen LogP contribution in [-0.2, 0) is 18.4 Å². The van der Waals surface area contributed by atoms with Gasteiger partial charge in [-0.05, 0) is 68.0 Å². The maximum Gasteiger partial charge on any atom is 0.248 e. The Hall–Kier alpha value is -5.02. The number of amides is 1. The Balaban J connectivity index is 1.38. The Morgan fingerprint density at radius 2 is 1.95 bits per heavy atom. The van der Waals surface area contributed by atoms with E-state index in [-0.39, 0.29) is 5.91 Å². The Morgan fingerprint density at radius 1 is 1.12 bits per heavy atom. The first-order valence-electron chi connectivity index (χ1n) is 13.4. The number of aromatic nitrogens is 4. The first-order chi connectivity index (χ1) is 19.9. The minimum atomic E-state index is -0.158. The number of carbonyl (C=O) groups is 1. The second-order valence-electron chi connectivity index (χ2n) is 10.3. The van der Waals surface area contributed by atoms with Crippen molar-refractivity contribution >= 4 is 28.4 Å². The quantitative estimate of drug-likeness (QED) is 0.250. The van der Waals surface area contributed by atoms with Crippen molar-refractivity contribution < 1.29 is 9.53 Å². The Labute approximate surface area is 238 Å². The third kappa shape index (κ3) is 5.27. The van der Waals surface area contributed by atoms with E-state index in [2.05, 4.69) is 42.3 Å². The highest BCUT2D eigenvalue weighted by molar-refractivity contribution is 6.09. The van der Waals surface area contributed by atoms with E-state index in [4.69, 9.17) is 4.74 Å². The largest absolute Gasteiger partial charge is 0.439 e. The minimum absolute atomic E-state index is 0.158. The van der Waals surface area contributed by atoms with E-state index in [1.807, 2.05) is 87.6 Å². The van der Waals surface area contributed by atoms with Crippen molar-refractivity contribution in [1.29, 1.82) is 0 Å². The molecule has 4 heterocycles. The fourth-order valence-electron chi connectivity index (χ4n) is 5.15. The number of hydrogen-bond donors (Lipinski definition) is 2. The maximum absolute atomic E-state index is 12.3. The molecule has 206 valence electrons. The van der Waals surface area contributed by atoms with Crippen molar-refractivity contribution in [2.75, 3.05) is 31.3 Å². The second kappa shape index (κ2) is 10.9. The summed E-state index contributed by atoms with van der Waals surface area (Å²) in [5, 5.41) is 7.41. The number of nitrogens with one attached hydrogen (secondary N) is 2. The molecule has 1 aliphatic heterocycles. The molecular formula is C32H31N7O2. The van der Waals surface area contributed by atoms with Crippen LogP contribution in [0.5, 0.6) is 11.6 Å². The number of aryl methyl sites for hydroxylation is 2. The fourth-order valence-corrected chi connectivity index (χ4v) is 5.15. The summed E-state index contributed by atoms with van der Waals surface area (Å²) in [6.45, 7) is 3.23. The van der Waals surface area contributed by atoms with Crippen LogP contribution in [0, 0.1) is 6.92 Å². The van der Waals surface area contributed by atoms with E-state index in [1.54, 1.807) is 12.4 Å². The molecule has 0 radical (unpaired) electrons. The Bertz CT molecular complexity index is 1790. The highest BCUT2D eigenvalue weighted by Crippen LogP contribution is 2.46. The predicted octanol–water partition coefficient (Wildman–Crippen LogP) is 5.78. The van der Waals surface area contributed by atoms with Crippen molar-refractivity contribution in [3.63, 3.8) is 0 Å². The van der Waals surface area contributed by atoms with Crippen LogP contribution in [0.25, 0.3) is 33.4 Å². The normalized spacial score (nSPS) is 12.3. The number of likely N-dealkylation sites (N-methyl/N-ethyl adjacent to an activating group) is 1. The van der Waals surface area contributed by atoms with Crippen LogP contribution in [-0.4, -0.2) is 51.0 Å². The zero-order chi connectivity index (χ0) is 28.5. The van der Waals surface area contributed by atoms with Crippen LogP contribution in [0.15, 0.2) is 79.1 Å². The van der Waals surface area contributed by atoms with Crippen molar-refractivity contribution in [2.24, 2.45) is 7.05 Å². The fraction of sp³-hybridized carbons (Fsp3) is 0.188. The van der Waals surface area contributed by atoms with Gasteiger partial charge < -0.3 is 24.8 Å². The van der Waals surface area contributed by atoms with Gasteiger partial charge in [-0.3, -0.25) is 4.79 Å². The summed E-state index contributed by atoms with van der Waals surface area (Å²) in [7, 11) is 5.94. The van der Waals surface area contributed by atoms with Gasteiger partial charge in [0.15, 0.2) is 0 Å².